The lowest BCUT2D eigenvalue weighted by Gasteiger charge is -2.09. The second-order valence-electron chi connectivity index (χ2n) is 5.56. The van der Waals surface area contributed by atoms with Gasteiger partial charge in [-0.3, -0.25) is 0 Å². The van der Waals surface area contributed by atoms with Crippen molar-refractivity contribution in [3.63, 3.8) is 0 Å². The highest BCUT2D eigenvalue weighted by molar-refractivity contribution is 5.32. The number of hydrogen-bond donors (Lipinski definition) is 1. The third kappa shape index (κ3) is 4.61. The van der Waals surface area contributed by atoms with Crippen molar-refractivity contribution in [3.8, 4) is 11.5 Å². The first-order chi connectivity index (χ1) is 11.8. The van der Waals surface area contributed by atoms with E-state index in [1.54, 1.807) is 0 Å². The topological polar surface area (TPSA) is 44.5 Å². The monoisotopic (exact) mass is 319 g/mol. The summed E-state index contributed by atoms with van der Waals surface area (Å²) < 4.78 is 11.6. The van der Waals surface area contributed by atoms with Crippen LogP contribution in [-0.4, -0.2) is 0 Å². The second kappa shape index (κ2) is 8.18. The zero-order chi connectivity index (χ0) is 16.6. The van der Waals surface area contributed by atoms with Crippen LogP contribution in [0.4, 0.5) is 0 Å². The Morgan fingerprint density at radius 3 is 1.75 bits per heavy atom. The molecule has 0 heterocycles. The van der Waals surface area contributed by atoms with Gasteiger partial charge in [0.1, 0.15) is 24.7 Å². The fourth-order valence-electron chi connectivity index (χ4n) is 2.39. The van der Waals surface area contributed by atoms with Crippen molar-refractivity contribution in [1.82, 2.24) is 0 Å². The number of nitrogens with two attached hydrogens (primary N) is 1. The van der Waals surface area contributed by atoms with Crippen molar-refractivity contribution in [2.75, 3.05) is 0 Å². The van der Waals surface area contributed by atoms with Gasteiger partial charge in [0.05, 0.1) is 0 Å². The molecule has 0 atom stereocenters. The minimum atomic E-state index is 0.526. The van der Waals surface area contributed by atoms with Crippen LogP contribution in [0.5, 0.6) is 11.5 Å². The Hall–Kier alpha value is -2.78. The maximum Gasteiger partial charge on any atom is 0.120 e. The highest BCUT2D eigenvalue weighted by Crippen LogP contribution is 2.20. The highest BCUT2D eigenvalue weighted by atomic mass is 16.5. The maximum atomic E-state index is 5.81. The third-order valence-corrected chi connectivity index (χ3v) is 3.70. The molecule has 24 heavy (non-hydrogen) atoms. The summed E-state index contributed by atoms with van der Waals surface area (Å²) in [5.74, 6) is 1.65. The lowest BCUT2D eigenvalue weighted by Crippen LogP contribution is -2.00. The number of benzene rings is 3. The summed E-state index contributed by atoms with van der Waals surface area (Å²) in [4.78, 5) is 0. The Morgan fingerprint density at radius 2 is 1.12 bits per heavy atom. The van der Waals surface area contributed by atoms with Gasteiger partial charge >= 0.3 is 0 Å². The van der Waals surface area contributed by atoms with Gasteiger partial charge in [-0.2, -0.15) is 0 Å². The molecular weight excluding hydrogens is 298 g/mol. The predicted octanol–water partition coefficient (Wildman–Crippen LogP) is 4.30. The molecule has 0 radical (unpaired) electrons. The molecule has 3 rings (SSSR count). The van der Waals surface area contributed by atoms with E-state index in [0.29, 0.717) is 19.8 Å². The SMILES string of the molecule is NCc1cccc(COc2ccc(OCc3ccccc3)cc2)c1. The van der Waals surface area contributed by atoms with Gasteiger partial charge < -0.3 is 15.2 Å². The Bertz CT molecular complexity index is 754. The molecule has 0 aromatic heterocycles. The van der Waals surface area contributed by atoms with E-state index < -0.39 is 0 Å². The smallest absolute Gasteiger partial charge is 0.120 e. The summed E-state index contributed by atoms with van der Waals surface area (Å²) in [6.07, 6.45) is 0. The van der Waals surface area contributed by atoms with E-state index in [9.17, 15) is 0 Å². The second-order valence-corrected chi connectivity index (χ2v) is 5.56. The fraction of sp³-hybridized carbons (Fsp3) is 0.143. The molecule has 0 spiro atoms. The van der Waals surface area contributed by atoms with Crippen LogP contribution in [0.1, 0.15) is 16.7 Å². The number of rotatable bonds is 7. The molecule has 0 unspecified atom stereocenters. The molecule has 0 bridgehead atoms. The number of hydrogen-bond acceptors (Lipinski definition) is 3. The van der Waals surface area contributed by atoms with Crippen molar-refractivity contribution in [3.05, 3.63) is 95.6 Å². The molecule has 0 aliphatic rings. The zero-order valence-electron chi connectivity index (χ0n) is 13.5. The standard InChI is InChI=1S/C21H21NO2/c22-14-18-7-4-8-19(13-18)16-24-21-11-9-20(10-12-21)23-15-17-5-2-1-3-6-17/h1-13H,14-16,22H2. The summed E-state index contributed by atoms with van der Waals surface area (Å²) in [5.41, 5.74) is 9.03. The minimum Gasteiger partial charge on any atom is -0.489 e. The Labute approximate surface area is 142 Å². The normalized spacial score (nSPS) is 10.4. The summed E-state index contributed by atoms with van der Waals surface area (Å²) in [7, 11) is 0. The van der Waals surface area contributed by atoms with Gasteiger partial charge in [0, 0.05) is 6.54 Å². The van der Waals surface area contributed by atoms with Crippen LogP contribution in [0, 0.1) is 0 Å². The fourth-order valence-corrected chi connectivity index (χ4v) is 2.39. The highest BCUT2D eigenvalue weighted by Gasteiger charge is 2.00. The van der Waals surface area contributed by atoms with Crippen molar-refractivity contribution < 1.29 is 9.47 Å². The molecule has 2 N–H and O–H groups in total. The van der Waals surface area contributed by atoms with Crippen molar-refractivity contribution in [1.29, 1.82) is 0 Å². The van der Waals surface area contributed by atoms with E-state index in [2.05, 4.69) is 6.07 Å². The van der Waals surface area contributed by atoms with Crippen LogP contribution in [0.2, 0.25) is 0 Å². The zero-order valence-corrected chi connectivity index (χ0v) is 13.5. The lowest BCUT2D eigenvalue weighted by atomic mass is 10.1. The Morgan fingerprint density at radius 1 is 0.583 bits per heavy atom. The molecule has 0 saturated heterocycles. The molecule has 3 aromatic carbocycles. The molecule has 3 nitrogen and oxygen atoms in total. The van der Waals surface area contributed by atoms with E-state index in [-0.39, 0.29) is 0 Å². The van der Waals surface area contributed by atoms with Gasteiger partial charge in [-0.1, -0.05) is 54.6 Å². The van der Waals surface area contributed by atoms with Crippen LogP contribution in [0.15, 0.2) is 78.9 Å². The molecule has 0 aliphatic heterocycles. The average Bonchev–Trinajstić information content (AvgIpc) is 2.66. The van der Waals surface area contributed by atoms with Gasteiger partial charge in [0.15, 0.2) is 0 Å². The lowest BCUT2D eigenvalue weighted by molar-refractivity contribution is 0.297. The summed E-state index contributed by atoms with van der Waals surface area (Å²) in [6.45, 7) is 1.63. The van der Waals surface area contributed by atoms with E-state index in [1.165, 1.54) is 0 Å². The predicted molar refractivity (Wildman–Crippen MR) is 95.9 cm³/mol. The van der Waals surface area contributed by atoms with Crippen LogP contribution < -0.4 is 15.2 Å². The average molecular weight is 319 g/mol. The van der Waals surface area contributed by atoms with Gasteiger partial charge in [0.2, 0.25) is 0 Å². The molecule has 0 fully saturated rings. The van der Waals surface area contributed by atoms with Crippen LogP contribution in [0.3, 0.4) is 0 Å². The van der Waals surface area contributed by atoms with E-state index in [0.717, 1.165) is 28.2 Å². The van der Waals surface area contributed by atoms with Crippen molar-refractivity contribution in [2.24, 2.45) is 5.73 Å². The largest absolute Gasteiger partial charge is 0.489 e. The molecular formula is C21H21NO2. The Balaban J connectivity index is 1.52. The van der Waals surface area contributed by atoms with E-state index in [4.69, 9.17) is 15.2 Å². The van der Waals surface area contributed by atoms with Gasteiger partial charge in [-0.05, 0) is 41.0 Å². The van der Waals surface area contributed by atoms with Crippen LogP contribution >= 0.6 is 0 Å². The first-order valence-electron chi connectivity index (χ1n) is 8.01. The molecule has 3 aromatic rings. The summed E-state index contributed by atoms with van der Waals surface area (Å²) in [5, 5.41) is 0. The number of ether oxygens (including phenoxy) is 2. The third-order valence-electron chi connectivity index (χ3n) is 3.70. The Kier molecular flexibility index (Phi) is 5.48. The van der Waals surface area contributed by atoms with Gasteiger partial charge in [-0.15, -0.1) is 0 Å². The van der Waals surface area contributed by atoms with Crippen LogP contribution in [0.25, 0.3) is 0 Å². The molecule has 3 heteroatoms. The molecule has 0 saturated carbocycles. The van der Waals surface area contributed by atoms with E-state index >= 15 is 0 Å². The molecule has 122 valence electrons. The van der Waals surface area contributed by atoms with Gasteiger partial charge in [0.25, 0.3) is 0 Å². The minimum absolute atomic E-state index is 0.526. The molecule has 0 amide bonds. The van der Waals surface area contributed by atoms with E-state index in [1.807, 2.05) is 72.8 Å². The first kappa shape index (κ1) is 16.1. The molecule has 0 aliphatic carbocycles. The first-order valence-corrected chi connectivity index (χ1v) is 8.01. The van der Waals surface area contributed by atoms with Crippen LogP contribution in [-0.2, 0) is 19.8 Å². The summed E-state index contributed by atoms with van der Waals surface area (Å²) in [6, 6.07) is 25.9. The van der Waals surface area contributed by atoms with Gasteiger partial charge in [-0.25, -0.2) is 0 Å². The maximum absolute atomic E-state index is 5.81. The van der Waals surface area contributed by atoms with Crippen molar-refractivity contribution >= 4 is 0 Å². The summed E-state index contributed by atoms with van der Waals surface area (Å²) >= 11 is 0. The quantitative estimate of drug-likeness (QED) is 0.706. The van der Waals surface area contributed by atoms with Crippen molar-refractivity contribution in [2.45, 2.75) is 19.8 Å².